The van der Waals surface area contributed by atoms with Gasteiger partial charge in [0.2, 0.25) is 11.8 Å². The number of amides is 2. The van der Waals surface area contributed by atoms with Crippen LogP contribution in [0.3, 0.4) is 0 Å². The van der Waals surface area contributed by atoms with Gasteiger partial charge in [-0.15, -0.1) is 0 Å². The van der Waals surface area contributed by atoms with Crippen molar-refractivity contribution in [1.29, 1.82) is 0 Å². The molecule has 0 aliphatic heterocycles. The van der Waals surface area contributed by atoms with E-state index in [0.717, 1.165) is 18.4 Å². The number of benzene rings is 1. The number of alkyl halides is 5. The minimum atomic E-state index is -4.42. The van der Waals surface area contributed by atoms with Crippen LogP contribution in [0.1, 0.15) is 97.6 Å². The Morgan fingerprint density at radius 1 is 1.05 bits per heavy atom. The van der Waals surface area contributed by atoms with Crippen molar-refractivity contribution in [2.75, 3.05) is 0 Å². The largest absolute Gasteiger partial charge is 0.389 e. The lowest BCUT2D eigenvalue weighted by Crippen LogP contribution is -2.37. The van der Waals surface area contributed by atoms with Crippen LogP contribution in [0.5, 0.6) is 0 Å². The average molecular weight is 592 g/mol. The van der Waals surface area contributed by atoms with Gasteiger partial charge in [-0.1, -0.05) is 25.1 Å². The monoisotopic (exact) mass is 591 g/mol. The molecule has 0 unspecified atom stereocenters. The highest BCUT2D eigenvalue weighted by Crippen LogP contribution is 2.43. The van der Waals surface area contributed by atoms with Crippen LogP contribution in [0, 0.1) is 11.8 Å². The molecule has 0 saturated heterocycles. The number of carbonyl (C=O) groups is 2. The Morgan fingerprint density at radius 3 is 2.40 bits per heavy atom. The van der Waals surface area contributed by atoms with E-state index in [4.69, 9.17) is 4.98 Å². The molecule has 1 aromatic carbocycles. The molecule has 2 aliphatic carbocycles. The number of fused-ring (bicyclic) bond motifs is 1. The topological polar surface area (TPSA) is 88.4 Å². The second-order valence-corrected chi connectivity index (χ2v) is 11.4. The SMILES string of the molecule is CCc1ccccc1C(=O)N[C@H](c1cn2ncc([C@H](NC(=O)CCC(F)(F)F)C3CC3)cc2n1)C1CCC(F)(F)CC1. The molecule has 2 aromatic heterocycles. The van der Waals surface area contributed by atoms with E-state index in [2.05, 4.69) is 15.7 Å². The summed E-state index contributed by atoms with van der Waals surface area (Å²) >= 11 is 0. The first-order valence-corrected chi connectivity index (χ1v) is 14.4. The molecular formula is C30H34F5N5O2. The van der Waals surface area contributed by atoms with Gasteiger partial charge in [0.05, 0.1) is 36.6 Å². The van der Waals surface area contributed by atoms with Gasteiger partial charge in [-0.05, 0) is 67.2 Å². The van der Waals surface area contributed by atoms with Crippen LogP contribution in [0.15, 0.2) is 42.7 Å². The molecule has 5 rings (SSSR count). The Labute approximate surface area is 240 Å². The van der Waals surface area contributed by atoms with Crippen molar-refractivity contribution in [2.24, 2.45) is 11.8 Å². The maximum atomic E-state index is 14.0. The number of hydrogen-bond donors (Lipinski definition) is 2. The van der Waals surface area contributed by atoms with Crippen molar-refractivity contribution in [2.45, 2.75) is 88.9 Å². The highest BCUT2D eigenvalue weighted by atomic mass is 19.4. The number of rotatable bonds is 10. The third-order valence-electron chi connectivity index (χ3n) is 8.25. The van der Waals surface area contributed by atoms with E-state index >= 15 is 0 Å². The number of nitrogens with zero attached hydrogens (tertiary/aromatic N) is 3. The number of aromatic nitrogens is 3. The van der Waals surface area contributed by atoms with Crippen molar-refractivity contribution in [3.05, 3.63) is 65.1 Å². The summed E-state index contributed by atoms with van der Waals surface area (Å²) in [6, 6.07) is 7.84. The van der Waals surface area contributed by atoms with E-state index in [1.54, 1.807) is 30.6 Å². The summed E-state index contributed by atoms with van der Waals surface area (Å²) in [5.74, 6) is -3.90. The smallest absolute Gasteiger partial charge is 0.349 e. The van der Waals surface area contributed by atoms with Crippen molar-refractivity contribution in [1.82, 2.24) is 25.2 Å². The van der Waals surface area contributed by atoms with Crippen molar-refractivity contribution >= 4 is 17.5 Å². The highest BCUT2D eigenvalue weighted by molar-refractivity contribution is 5.96. The third-order valence-corrected chi connectivity index (χ3v) is 8.25. The van der Waals surface area contributed by atoms with E-state index in [1.807, 2.05) is 19.1 Å². The summed E-state index contributed by atoms with van der Waals surface area (Å²) in [4.78, 5) is 30.4. The van der Waals surface area contributed by atoms with Gasteiger partial charge in [0, 0.05) is 24.8 Å². The second-order valence-electron chi connectivity index (χ2n) is 11.4. The first-order chi connectivity index (χ1) is 19.9. The molecule has 2 atom stereocenters. The first-order valence-electron chi connectivity index (χ1n) is 14.4. The Kier molecular flexibility index (Phi) is 8.52. The van der Waals surface area contributed by atoms with Crippen molar-refractivity contribution < 1.29 is 31.5 Å². The molecular weight excluding hydrogens is 557 g/mol. The molecule has 2 fully saturated rings. The minimum Gasteiger partial charge on any atom is -0.349 e. The van der Waals surface area contributed by atoms with Crippen LogP contribution in [0.4, 0.5) is 22.0 Å². The number of imidazole rings is 1. The minimum absolute atomic E-state index is 0.0908. The normalized spacial score (nSPS) is 18.9. The Balaban J connectivity index is 1.41. The van der Waals surface area contributed by atoms with E-state index in [0.29, 0.717) is 28.9 Å². The Bertz CT molecular complexity index is 1420. The molecule has 2 saturated carbocycles. The zero-order chi connectivity index (χ0) is 30.1. The van der Waals surface area contributed by atoms with Crippen LogP contribution in [-0.2, 0) is 11.2 Å². The predicted octanol–water partition coefficient (Wildman–Crippen LogP) is 6.50. The van der Waals surface area contributed by atoms with Gasteiger partial charge in [0.1, 0.15) is 0 Å². The van der Waals surface area contributed by atoms with Gasteiger partial charge >= 0.3 is 6.18 Å². The van der Waals surface area contributed by atoms with Gasteiger partial charge in [-0.25, -0.2) is 18.3 Å². The number of nitrogens with one attached hydrogen (secondary N) is 2. The van der Waals surface area contributed by atoms with Crippen LogP contribution < -0.4 is 10.6 Å². The molecule has 0 radical (unpaired) electrons. The van der Waals surface area contributed by atoms with Crippen LogP contribution in [0.2, 0.25) is 0 Å². The third kappa shape index (κ3) is 7.25. The number of hydrogen-bond acceptors (Lipinski definition) is 4. The zero-order valence-corrected chi connectivity index (χ0v) is 23.3. The van der Waals surface area contributed by atoms with E-state index in [-0.39, 0.29) is 43.4 Å². The van der Waals surface area contributed by atoms with E-state index < -0.39 is 42.9 Å². The summed E-state index contributed by atoms with van der Waals surface area (Å²) in [6.45, 7) is 1.95. The molecule has 7 nitrogen and oxygen atoms in total. The fourth-order valence-corrected chi connectivity index (χ4v) is 5.73. The maximum absolute atomic E-state index is 14.0. The average Bonchev–Trinajstić information content (AvgIpc) is 3.71. The summed E-state index contributed by atoms with van der Waals surface area (Å²) in [7, 11) is 0. The molecule has 3 aromatic rings. The van der Waals surface area contributed by atoms with Gasteiger partial charge in [0.15, 0.2) is 5.65 Å². The second kappa shape index (κ2) is 12.0. The fraction of sp³-hybridized carbons (Fsp3) is 0.533. The molecule has 2 aliphatic rings. The number of carbonyl (C=O) groups excluding carboxylic acids is 2. The van der Waals surface area contributed by atoms with Crippen molar-refractivity contribution in [3.63, 3.8) is 0 Å². The zero-order valence-electron chi connectivity index (χ0n) is 23.3. The Hall–Kier alpha value is -3.57. The van der Waals surface area contributed by atoms with Gasteiger partial charge in [-0.3, -0.25) is 9.59 Å². The van der Waals surface area contributed by atoms with Crippen molar-refractivity contribution in [3.8, 4) is 0 Å². The summed E-state index contributed by atoms with van der Waals surface area (Å²) in [5.41, 5.74) is 2.91. The van der Waals surface area contributed by atoms with Gasteiger partial charge < -0.3 is 10.6 Å². The van der Waals surface area contributed by atoms with E-state index in [9.17, 15) is 31.5 Å². The summed E-state index contributed by atoms with van der Waals surface area (Å²) in [5, 5.41) is 10.2. The molecule has 0 spiro atoms. The lowest BCUT2D eigenvalue weighted by molar-refractivity contribution is -0.144. The number of aryl methyl sites for hydroxylation is 1. The molecule has 2 N–H and O–H groups in total. The van der Waals surface area contributed by atoms with E-state index in [1.165, 1.54) is 4.52 Å². The quantitative estimate of drug-likeness (QED) is 0.264. The Morgan fingerprint density at radius 2 is 1.74 bits per heavy atom. The van der Waals surface area contributed by atoms with Gasteiger partial charge in [0.25, 0.3) is 5.91 Å². The molecule has 42 heavy (non-hydrogen) atoms. The first kappa shape index (κ1) is 29.9. The van der Waals surface area contributed by atoms with Crippen LogP contribution >= 0.6 is 0 Å². The summed E-state index contributed by atoms with van der Waals surface area (Å²) < 4.78 is 67.4. The molecule has 2 heterocycles. The molecule has 2 amide bonds. The highest BCUT2D eigenvalue weighted by Gasteiger charge is 2.40. The lowest BCUT2D eigenvalue weighted by atomic mass is 9.81. The molecule has 226 valence electrons. The number of halogens is 5. The van der Waals surface area contributed by atoms with Crippen LogP contribution in [-0.4, -0.2) is 38.5 Å². The van der Waals surface area contributed by atoms with Crippen LogP contribution in [0.25, 0.3) is 5.65 Å². The predicted molar refractivity (Wildman–Crippen MR) is 145 cm³/mol. The standard InChI is InChI=1S/C30H34F5N5O2/c1-2-18-5-3-4-6-22(18)28(42)39-27(20-9-12-29(31,32)13-10-20)23-17-40-24(37-23)15-21(16-36-40)26(19-7-8-19)38-25(41)11-14-30(33,34)35/h3-6,15-17,19-20,26-27H,2,7-14H2,1H3,(H,38,41)(H,39,42)/t26-,27+/m1/s1. The van der Waals surface area contributed by atoms with Gasteiger partial charge in [-0.2, -0.15) is 18.3 Å². The molecule has 0 bridgehead atoms. The summed E-state index contributed by atoms with van der Waals surface area (Å²) in [6.07, 6.45) is -0.860. The lowest BCUT2D eigenvalue weighted by Gasteiger charge is -2.33. The fourth-order valence-electron chi connectivity index (χ4n) is 5.73. The maximum Gasteiger partial charge on any atom is 0.389 e. The molecule has 12 heteroatoms.